The van der Waals surface area contributed by atoms with Gasteiger partial charge in [0.05, 0.1) is 4.90 Å². The average Bonchev–Trinajstić information content (AvgIpc) is 2.16. The fourth-order valence-electron chi connectivity index (χ4n) is 0.962. The molecule has 0 unspecified atom stereocenters. The molecule has 0 fully saturated rings. The van der Waals surface area contributed by atoms with Gasteiger partial charge in [0.15, 0.2) is 9.84 Å². The van der Waals surface area contributed by atoms with Crippen molar-refractivity contribution in [3.63, 3.8) is 0 Å². The van der Waals surface area contributed by atoms with Gasteiger partial charge in [0.1, 0.15) is 11.7 Å². The van der Waals surface area contributed by atoms with Crippen molar-refractivity contribution in [1.82, 2.24) is 5.32 Å². The monoisotopic (exact) mass is 217 g/mol. The molecule has 1 N–H and O–H groups in total. The van der Waals surface area contributed by atoms with E-state index >= 15 is 0 Å². The van der Waals surface area contributed by atoms with Crippen molar-refractivity contribution in [2.75, 3.05) is 12.4 Å². The second-order valence-electron chi connectivity index (χ2n) is 2.82. The molecule has 1 aromatic rings. The lowest BCUT2D eigenvalue weighted by molar-refractivity contribution is 0.587. The highest BCUT2D eigenvalue weighted by atomic mass is 32.2. The van der Waals surface area contributed by atoms with Gasteiger partial charge in [-0.15, -0.1) is 0 Å². The first-order chi connectivity index (χ1) is 6.56. The maximum absolute atomic E-state index is 12.5. The molecule has 3 nitrogen and oxygen atoms in total. The normalized spacial score (nSPS) is 11.6. The Hall–Kier alpha value is -0.940. The van der Waals surface area contributed by atoms with E-state index in [0.717, 1.165) is 12.1 Å². The van der Waals surface area contributed by atoms with Gasteiger partial charge < -0.3 is 5.32 Å². The topological polar surface area (TPSA) is 46.2 Å². The highest BCUT2D eigenvalue weighted by Gasteiger charge is 2.12. The van der Waals surface area contributed by atoms with E-state index in [-0.39, 0.29) is 10.8 Å². The standard InChI is InChI=1S/C9H12FNO2S/c1-2-11-7-14(12,13)9-5-3-8(10)4-6-9/h3-6,11H,2,7H2,1H3. The molecule has 5 heteroatoms. The van der Waals surface area contributed by atoms with Gasteiger partial charge >= 0.3 is 0 Å². The van der Waals surface area contributed by atoms with Crippen LogP contribution in [0.2, 0.25) is 0 Å². The fourth-order valence-corrected chi connectivity index (χ4v) is 2.15. The summed E-state index contributed by atoms with van der Waals surface area (Å²) in [5.41, 5.74) is 0. The van der Waals surface area contributed by atoms with Gasteiger partial charge in [0.2, 0.25) is 0 Å². The van der Waals surface area contributed by atoms with Crippen molar-refractivity contribution in [2.45, 2.75) is 11.8 Å². The smallest absolute Gasteiger partial charge is 0.191 e. The molecule has 0 spiro atoms. The SMILES string of the molecule is CCNCS(=O)(=O)c1ccc(F)cc1. The molecule has 0 amide bonds. The Kier molecular flexibility index (Phi) is 3.60. The zero-order valence-corrected chi connectivity index (χ0v) is 8.64. The minimum atomic E-state index is -3.32. The van der Waals surface area contributed by atoms with Gasteiger partial charge in [-0.25, -0.2) is 12.8 Å². The molecule has 0 atom stereocenters. The van der Waals surface area contributed by atoms with Crippen LogP contribution in [0.5, 0.6) is 0 Å². The van der Waals surface area contributed by atoms with Crippen LogP contribution in [0.4, 0.5) is 4.39 Å². The van der Waals surface area contributed by atoms with E-state index in [1.165, 1.54) is 12.1 Å². The molecule has 0 radical (unpaired) electrons. The maximum Gasteiger partial charge on any atom is 0.191 e. The zero-order chi connectivity index (χ0) is 10.6. The van der Waals surface area contributed by atoms with E-state index in [4.69, 9.17) is 0 Å². The summed E-state index contributed by atoms with van der Waals surface area (Å²) in [6, 6.07) is 4.81. The van der Waals surface area contributed by atoms with E-state index in [0.29, 0.717) is 6.54 Å². The van der Waals surface area contributed by atoms with Crippen LogP contribution in [-0.2, 0) is 9.84 Å². The van der Waals surface area contributed by atoms with Crippen LogP contribution >= 0.6 is 0 Å². The number of hydrogen-bond donors (Lipinski definition) is 1. The lowest BCUT2D eigenvalue weighted by atomic mass is 10.4. The molecule has 0 bridgehead atoms. The van der Waals surface area contributed by atoms with E-state index < -0.39 is 15.7 Å². The van der Waals surface area contributed by atoms with Crippen LogP contribution in [0.15, 0.2) is 29.2 Å². The molecule has 0 aliphatic heterocycles. The lowest BCUT2D eigenvalue weighted by Crippen LogP contribution is -2.22. The van der Waals surface area contributed by atoms with Crippen molar-refractivity contribution < 1.29 is 12.8 Å². The molecule has 14 heavy (non-hydrogen) atoms. The molecule has 0 aromatic heterocycles. The summed E-state index contributed by atoms with van der Waals surface area (Å²) in [7, 11) is -3.32. The Balaban J connectivity index is 2.87. The molecular formula is C9H12FNO2S. The van der Waals surface area contributed by atoms with Crippen LogP contribution in [0.1, 0.15) is 6.92 Å². The van der Waals surface area contributed by atoms with Gasteiger partial charge in [-0.2, -0.15) is 0 Å². The Labute approximate surface area is 82.9 Å². The number of rotatable bonds is 4. The number of nitrogens with one attached hydrogen (secondary N) is 1. The Bertz CT molecular complexity index is 386. The fraction of sp³-hybridized carbons (Fsp3) is 0.333. The van der Waals surface area contributed by atoms with Crippen LogP contribution < -0.4 is 5.32 Å². The van der Waals surface area contributed by atoms with Crippen molar-refractivity contribution in [2.24, 2.45) is 0 Å². The molecule has 1 aromatic carbocycles. The Morgan fingerprint density at radius 1 is 1.29 bits per heavy atom. The van der Waals surface area contributed by atoms with Crippen LogP contribution in [-0.4, -0.2) is 20.8 Å². The summed E-state index contributed by atoms with van der Waals surface area (Å²) in [5.74, 6) is -0.554. The van der Waals surface area contributed by atoms with E-state index in [9.17, 15) is 12.8 Å². The first-order valence-corrected chi connectivity index (χ1v) is 5.90. The molecule has 0 saturated heterocycles. The number of sulfone groups is 1. The number of hydrogen-bond acceptors (Lipinski definition) is 3. The molecule has 0 aliphatic rings. The van der Waals surface area contributed by atoms with Crippen molar-refractivity contribution >= 4 is 9.84 Å². The summed E-state index contributed by atoms with van der Waals surface area (Å²) < 4.78 is 35.6. The quantitative estimate of drug-likeness (QED) is 0.770. The van der Waals surface area contributed by atoms with E-state index in [2.05, 4.69) is 5.32 Å². The van der Waals surface area contributed by atoms with Crippen molar-refractivity contribution in [3.05, 3.63) is 30.1 Å². The summed E-state index contributed by atoms with van der Waals surface area (Å²) in [6.07, 6.45) is 0. The molecule has 0 saturated carbocycles. The van der Waals surface area contributed by atoms with Gasteiger partial charge in [-0.3, -0.25) is 0 Å². The highest BCUT2D eigenvalue weighted by molar-refractivity contribution is 7.91. The third-order valence-corrected chi connectivity index (χ3v) is 3.29. The van der Waals surface area contributed by atoms with Gasteiger partial charge in [0.25, 0.3) is 0 Å². The third kappa shape index (κ3) is 2.78. The first-order valence-electron chi connectivity index (χ1n) is 4.25. The highest BCUT2D eigenvalue weighted by Crippen LogP contribution is 2.10. The molecule has 0 aliphatic carbocycles. The summed E-state index contributed by atoms with van der Waals surface area (Å²) in [6.45, 7) is 2.40. The summed E-state index contributed by atoms with van der Waals surface area (Å²) in [4.78, 5) is 0.139. The average molecular weight is 217 g/mol. The summed E-state index contributed by atoms with van der Waals surface area (Å²) in [5, 5.41) is 2.72. The zero-order valence-electron chi connectivity index (χ0n) is 7.83. The number of halogens is 1. The summed E-state index contributed by atoms with van der Waals surface area (Å²) >= 11 is 0. The molecular weight excluding hydrogens is 205 g/mol. The van der Waals surface area contributed by atoms with E-state index in [1.54, 1.807) is 0 Å². The first kappa shape index (κ1) is 11.1. The third-order valence-electron chi connectivity index (χ3n) is 1.71. The van der Waals surface area contributed by atoms with Gasteiger partial charge in [-0.1, -0.05) is 6.92 Å². The largest absolute Gasteiger partial charge is 0.304 e. The van der Waals surface area contributed by atoms with E-state index in [1.807, 2.05) is 6.92 Å². The Morgan fingerprint density at radius 2 is 1.86 bits per heavy atom. The second kappa shape index (κ2) is 4.52. The van der Waals surface area contributed by atoms with Crippen LogP contribution in [0.3, 0.4) is 0 Å². The van der Waals surface area contributed by atoms with Gasteiger partial charge in [0, 0.05) is 0 Å². The molecule has 78 valence electrons. The van der Waals surface area contributed by atoms with Crippen molar-refractivity contribution in [3.8, 4) is 0 Å². The Morgan fingerprint density at radius 3 is 2.36 bits per heavy atom. The number of benzene rings is 1. The van der Waals surface area contributed by atoms with Crippen LogP contribution in [0.25, 0.3) is 0 Å². The maximum atomic E-state index is 12.5. The minimum Gasteiger partial charge on any atom is -0.304 e. The minimum absolute atomic E-state index is 0.116. The van der Waals surface area contributed by atoms with Crippen molar-refractivity contribution in [1.29, 1.82) is 0 Å². The molecule has 1 rings (SSSR count). The van der Waals surface area contributed by atoms with Gasteiger partial charge in [-0.05, 0) is 30.8 Å². The predicted molar refractivity (Wildman–Crippen MR) is 52.1 cm³/mol. The predicted octanol–water partition coefficient (Wildman–Crippen LogP) is 1.17. The second-order valence-corrected chi connectivity index (χ2v) is 4.81. The lowest BCUT2D eigenvalue weighted by Gasteiger charge is -2.04. The molecule has 0 heterocycles. The van der Waals surface area contributed by atoms with Crippen LogP contribution in [0, 0.1) is 5.82 Å².